The Morgan fingerprint density at radius 2 is 2.10 bits per heavy atom. The van der Waals surface area contributed by atoms with Crippen molar-refractivity contribution >= 4 is 11.6 Å². The van der Waals surface area contributed by atoms with E-state index in [2.05, 4.69) is 30.1 Å². The van der Waals surface area contributed by atoms with E-state index in [1.807, 2.05) is 18.2 Å². The predicted octanol–water partition coefficient (Wildman–Crippen LogP) is 1.58. The van der Waals surface area contributed by atoms with Crippen LogP contribution < -0.4 is 11.1 Å². The number of benzene rings is 1. The molecule has 5 heteroatoms. The van der Waals surface area contributed by atoms with Gasteiger partial charge in [-0.3, -0.25) is 9.69 Å². The average molecular weight is 291 g/mol. The van der Waals surface area contributed by atoms with Crippen LogP contribution in [0.25, 0.3) is 0 Å². The Morgan fingerprint density at radius 1 is 1.43 bits per heavy atom. The molecule has 0 spiro atoms. The van der Waals surface area contributed by atoms with Gasteiger partial charge in [-0.15, -0.1) is 0 Å². The summed E-state index contributed by atoms with van der Waals surface area (Å²) in [6, 6.07) is 7.42. The Hall–Kier alpha value is -1.43. The summed E-state index contributed by atoms with van der Waals surface area (Å²) in [7, 11) is 0. The standard InChI is InChI=1S/C16H25N3O2/c1-11-8-19(9-12(2)21-11)10-14-5-4-6-15(7-14)18-16(20)13(3)17/h4-7,11-13H,8-10,17H2,1-3H3,(H,18,20)/t11?,12?,13-/m1/s1. The summed E-state index contributed by atoms with van der Waals surface area (Å²) in [5, 5.41) is 2.83. The number of ether oxygens (including phenoxy) is 1. The molecule has 0 aliphatic carbocycles. The summed E-state index contributed by atoms with van der Waals surface area (Å²) < 4.78 is 5.74. The van der Waals surface area contributed by atoms with Crippen LogP contribution in [0.5, 0.6) is 0 Å². The third kappa shape index (κ3) is 4.81. The summed E-state index contributed by atoms with van der Waals surface area (Å²) in [5.74, 6) is -0.166. The number of morpholine rings is 1. The number of nitrogens with one attached hydrogen (secondary N) is 1. The van der Waals surface area contributed by atoms with Gasteiger partial charge in [0.1, 0.15) is 0 Å². The van der Waals surface area contributed by atoms with Gasteiger partial charge in [0, 0.05) is 25.3 Å². The van der Waals surface area contributed by atoms with Gasteiger partial charge in [0.05, 0.1) is 18.2 Å². The predicted molar refractivity (Wildman–Crippen MR) is 84.0 cm³/mol. The normalized spacial score (nSPS) is 24.6. The number of nitrogens with two attached hydrogens (primary N) is 1. The third-order valence-electron chi connectivity index (χ3n) is 3.51. The Morgan fingerprint density at radius 3 is 2.71 bits per heavy atom. The maximum absolute atomic E-state index is 11.6. The number of amides is 1. The monoisotopic (exact) mass is 291 g/mol. The molecule has 1 aliphatic heterocycles. The maximum atomic E-state index is 11.6. The fourth-order valence-corrected chi connectivity index (χ4v) is 2.68. The van der Waals surface area contributed by atoms with E-state index in [9.17, 15) is 4.79 Å². The largest absolute Gasteiger partial charge is 0.373 e. The lowest BCUT2D eigenvalue weighted by atomic mass is 10.1. The van der Waals surface area contributed by atoms with Crippen molar-refractivity contribution in [3.8, 4) is 0 Å². The van der Waals surface area contributed by atoms with Crippen molar-refractivity contribution in [1.82, 2.24) is 4.90 Å². The second-order valence-electron chi connectivity index (χ2n) is 5.93. The van der Waals surface area contributed by atoms with E-state index in [4.69, 9.17) is 10.5 Å². The Kier molecular flexibility index (Phi) is 5.33. The molecule has 0 radical (unpaired) electrons. The van der Waals surface area contributed by atoms with Crippen LogP contribution in [0.3, 0.4) is 0 Å². The van der Waals surface area contributed by atoms with Crippen molar-refractivity contribution in [3.63, 3.8) is 0 Å². The molecule has 2 rings (SSSR count). The quantitative estimate of drug-likeness (QED) is 0.884. The van der Waals surface area contributed by atoms with Gasteiger partial charge in [-0.25, -0.2) is 0 Å². The molecule has 21 heavy (non-hydrogen) atoms. The first-order valence-electron chi connectivity index (χ1n) is 7.47. The van der Waals surface area contributed by atoms with Crippen molar-refractivity contribution < 1.29 is 9.53 Å². The van der Waals surface area contributed by atoms with E-state index in [-0.39, 0.29) is 18.1 Å². The second-order valence-corrected chi connectivity index (χ2v) is 5.93. The van der Waals surface area contributed by atoms with E-state index in [0.717, 1.165) is 25.3 Å². The van der Waals surface area contributed by atoms with Crippen LogP contribution in [0.2, 0.25) is 0 Å². The van der Waals surface area contributed by atoms with E-state index in [0.29, 0.717) is 0 Å². The molecule has 1 aromatic carbocycles. The summed E-state index contributed by atoms with van der Waals surface area (Å²) in [6.45, 7) is 8.60. The van der Waals surface area contributed by atoms with Crippen LogP contribution in [0.1, 0.15) is 26.3 Å². The lowest BCUT2D eigenvalue weighted by Crippen LogP contribution is -2.44. The minimum atomic E-state index is -0.505. The molecule has 1 amide bonds. The number of rotatable bonds is 4. The zero-order valence-electron chi connectivity index (χ0n) is 13.0. The van der Waals surface area contributed by atoms with Crippen LogP contribution in [-0.2, 0) is 16.1 Å². The summed E-state index contributed by atoms with van der Waals surface area (Å²) in [5.41, 5.74) is 7.54. The number of carbonyl (C=O) groups is 1. The highest BCUT2D eigenvalue weighted by molar-refractivity contribution is 5.94. The van der Waals surface area contributed by atoms with Gasteiger partial charge in [-0.1, -0.05) is 12.1 Å². The SMILES string of the molecule is CC1CN(Cc2cccc(NC(=O)[C@@H](C)N)c2)CC(C)O1. The van der Waals surface area contributed by atoms with E-state index >= 15 is 0 Å². The van der Waals surface area contributed by atoms with Gasteiger partial charge in [0.2, 0.25) is 5.91 Å². The van der Waals surface area contributed by atoms with Crippen molar-refractivity contribution in [1.29, 1.82) is 0 Å². The Balaban J connectivity index is 1.99. The molecule has 0 saturated carbocycles. The van der Waals surface area contributed by atoms with Crippen molar-refractivity contribution in [2.75, 3.05) is 18.4 Å². The number of hydrogen-bond acceptors (Lipinski definition) is 4. The molecule has 116 valence electrons. The fraction of sp³-hybridized carbons (Fsp3) is 0.562. The van der Waals surface area contributed by atoms with Crippen LogP contribution >= 0.6 is 0 Å². The smallest absolute Gasteiger partial charge is 0.240 e. The molecule has 3 N–H and O–H groups in total. The first-order valence-corrected chi connectivity index (χ1v) is 7.47. The van der Waals surface area contributed by atoms with Gasteiger partial charge in [-0.05, 0) is 38.5 Å². The molecular weight excluding hydrogens is 266 g/mol. The molecule has 1 aromatic rings. The van der Waals surface area contributed by atoms with Gasteiger partial charge < -0.3 is 15.8 Å². The number of anilines is 1. The van der Waals surface area contributed by atoms with E-state index in [1.165, 1.54) is 5.56 Å². The average Bonchev–Trinajstić information content (AvgIpc) is 2.37. The Bertz CT molecular complexity index is 480. The highest BCUT2D eigenvalue weighted by Crippen LogP contribution is 2.17. The van der Waals surface area contributed by atoms with Crippen molar-refractivity contribution in [2.45, 2.75) is 45.6 Å². The van der Waals surface area contributed by atoms with Crippen LogP contribution in [-0.4, -0.2) is 42.1 Å². The zero-order valence-corrected chi connectivity index (χ0v) is 13.0. The number of hydrogen-bond donors (Lipinski definition) is 2. The molecule has 5 nitrogen and oxygen atoms in total. The molecule has 1 fully saturated rings. The zero-order chi connectivity index (χ0) is 15.4. The molecule has 0 bridgehead atoms. The topological polar surface area (TPSA) is 67.6 Å². The van der Waals surface area contributed by atoms with Gasteiger partial charge in [-0.2, -0.15) is 0 Å². The van der Waals surface area contributed by atoms with Crippen molar-refractivity contribution in [2.24, 2.45) is 5.73 Å². The summed E-state index contributed by atoms with van der Waals surface area (Å²) in [6.07, 6.45) is 0.518. The summed E-state index contributed by atoms with van der Waals surface area (Å²) in [4.78, 5) is 14.0. The molecular formula is C16H25N3O2. The first kappa shape index (κ1) is 15.9. The van der Waals surface area contributed by atoms with E-state index < -0.39 is 6.04 Å². The molecule has 1 heterocycles. The third-order valence-corrected chi connectivity index (χ3v) is 3.51. The van der Waals surface area contributed by atoms with Crippen LogP contribution in [0, 0.1) is 0 Å². The molecule has 3 atom stereocenters. The highest BCUT2D eigenvalue weighted by atomic mass is 16.5. The molecule has 2 unspecified atom stereocenters. The van der Waals surface area contributed by atoms with Gasteiger partial charge in [0.25, 0.3) is 0 Å². The molecule has 1 aliphatic rings. The van der Waals surface area contributed by atoms with Crippen molar-refractivity contribution in [3.05, 3.63) is 29.8 Å². The maximum Gasteiger partial charge on any atom is 0.240 e. The lowest BCUT2D eigenvalue weighted by Gasteiger charge is -2.35. The Labute approximate surface area is 126 Å². The first-order chi connectivity index (χ1) is 9.94. The molecule has 0 aromatic heterocycles. The number of carbonyl (C=O) groups excluding carboxylic acids is 1. The van der Waals surface area contributed by atoms with Crippen LogP contribution in [0.4, 0.5) is 5.69 Å². The van der Waals surface area contributed by atoms with Gasteiger partial charge >= 0.3 is 0 Å². The number of nitrogens with zero attached hydrogens (tertiary/aromatic N) is 1. The van der Waals surface area contributed by atoms with Crippen LogP contribution in [0.15, 0.2) is 24.3 Å². The minimum absolute atomic E-state index is 0.166. The van der Waals surface area contributed by atoms with E-state index in [1.54, 1.807) is 6.92 Å². The minimum Gasteiger partial charge on any atom is -0.373 e. The fourth-order valence-electron chi connectivity index (χ4n) is 2.68. The highest BCUT2D eigenvalue weighted by Gasteiger charge is 2.22. The molecule has 1 saturated heterocycles. The van der Waals surface area contributed by atoms with Gasteiger partial charge in [0.15, 0.2) is 0 Å². The lowest BCUT2D eigenvalue weighted by molar-refractivity contribution is -0.117. The summed E-state index contributed by atoms with van der Waals surface area (Å²) >= 11 is 0. The second kappa shape index (κ2) is 7.02.